The van der Waals surface area contributed by atoms with E-state index in [1.54, 1.807) is 0 Å². The van der Waals surface area contributed by atoms with Gasteiger partial charge < -0.3 is 5.73 Å². The third-order valence-electron chi connectivity index (χ3n) is 3.31. The highest BCUT2D eigenvalue weighted by Gasteiger charge is 1.99. The quantitative estimate of drug-likeness (QED) is 0.719. The molecule has 94 valence electrons. The molecule has 1 heterocycles. The van der Waals surface area contributed by atoms with Gasteiger partial charge in [0, 0.05) is 16.8 Å². The molecule has 0 fully saturated rings. The monoisotopic (exact) mass is 248 g/mol. The molecule has 0 saturated carbocycles. The highest BCUT2D eigenvalue weighted by atomic mass is 14.7. The summed E-state index contributed by atoms with van der Waals surface area (Å²) in [5.74, 6) is 0. The van der Waals surface area contributed by atoms with Crippen LogP contribution in [0.25, 0.3) is 10.9 Å². The van der Waals surface area contributed by atoms with Crippen molar-refractivity contribution in [2.45, 2.75) is 12.8 Å². The predicted molar refractivity (Wildman–Crippen MR) is 80.0 cm³/mol. The zero-order valence-electron chi connectivity index (χ0n) is 10.7. The standard InChI is InChI=1S/C17H16N2/c18-15-9-5-13(6-10-15)7-11-16-12-8-14-3-1-2-4-17(14)19-16/h1-6,8-10,12H,7,11,18H2. The number of nitrogens with two attached hydrogens (primary N) is 1. The number of benzene rings is 2. The lowest BCUT2D eigenvalue weighted by Crippen LogP contribution is -1.95. The summed E-state index contributed by atoms with van der Waals surface area (Å²) in [5, 5.41) is 1.19. The number of aryl methyl sites for hydroxylation is 2. The molecule has 2 heteroatoms. The van der Waals surface area contributed by atoms with Gasteiger partial charge in [-0.25, -0.2) is 0 Å². The van der Waals surface area contributed by atoms with Gasteiger partial charge in [0.1, 0.15) is 0 Å². The maximum absolute atomic E-state index is 5.68. The second-order valence-corrected chi connectivity index (χ2v) is 4.74. The first-order valence-corrected chi connectivity index (χ1v) is 6.50. The smallest absolute Gasteiger partial charge is 0.0705 e. The Morgan fingerprint density at radius 1 is 0.789 bits per heavy atom. The summed E-state index contributed by atoms with van der Waals surface area (Å²) >= 11 is 0. The molecule has 0 radical (unpaired) electrons. The molecule has 0 atom stereocenters. The summed E-state index contributed by atoms with van der Waals surface area (Å²) in [7, 11) is 0. The largest absolute Gasteiger partial charge is 0.399 e. The van der Waals surface area contributed by atoms with Gasteiger partial charge in [-0.15, -0.1) is 0 Å². The number of nitrogens with zero attached hydrogens (tertiary/aromatic N) is 1. The Morgan fingerprint density at radius 2 is 1.58 bits per heavy atom. The molecular formula is C17H16N2. The van der Waals surface area contributed by atoms with E-state index in [1.165, 1.54) is 10.9 Å². The first kappa shape index (κ1) is 11.7. The van der Waals surface area contributed by atoms with E-state index in [-0.39, 0.29) is 0 Å². The molecule has 0 aliphatic heterocycles. The van der Waals surface area contributed by atoms with Crippen molar-refractivity contribution >= 4 is 16.6 Å². The third-order valence-corrected chi connectivity index (χ3v) is 3.31. The van der Waals surface area contributed by atoms with Gasteiger partial charge in [0.25, 0.3) is 0 Å². The number of rotatable bonds is 3. The minimum atomic E-state index is 0.813. The Labute approximate surface area is 112 Å². The minimum absolute atomic E-state index is 0.813. The maximum Gasteiger partial charge on any atom is 0.0705 e. The van der Waals surface area contributed by atoms with E-state index in [9.17, 15) is 0 Å². The third kappa shape index (κ3) is 2.74. The molecule has 2 nitrogen and oxygen atoms in total. The molecule has 1 aromatic heterocycles. The van der Waals surface area contributed by atoms with Crippen molar-refractivity contribution in [3.63, 3.8) is 0 Å². The molecule has 19 heavy (non-hydrogen) atoms. The van der Waals surface area contributed by atoms with E-state index in [2.05, 4.69) is 41.4 Å². The average Bonchev–Trinajstić information content (AvgIpc) is 2.46. The Morgan fingerprint density at radius 3 is 2.42 bits per heavy atom. The molecule has 0 unspecified atom stereocenters. The number of hydrogen-bond donors (Lipinski definition) is 1. The number of nitrogen functional groups attached to an aromatic ring is 1. The van der Waals surface area contributed by atoms with Crippen LogP contribution in [0.2, 0.25) is 0 Å². The minimum Gasteiger partial charge on any atom is -0.399 e. The molecule has 2 aromatic carbocycles. The van der Waals surface area contributed by atoms with Crippen LogP contribution in [-0.2, 0) is 12.8 Å². The maximum atomic E-state index is 5.68. The first-order valence-electron chi connectivity index (χ1n) is 6.50. The van der Waals surface area contributed by atoms with E-state index >= 15 is 0 Å². The topological polar surface area (TPSA) is 38.9 Å². The number of anilines is 1. The van der Waals surface area contributed by atoms with E-state index in [0.717, 1.165) is 29.7 Å². The highest BCUT2D eigenvalue weighted by Crippen LogP contribution is 2.14. The van der Waals surface area contributed by atoms with E-state index in [0.29, 0.717) is 0 Å². The van der Waals surface area contributed by atoms with Gasteiger partial charge in [-0.1, -0.05) is 36.4 Å². The highest BCUT2D eigenvalue weighted by molar-refractivity contribution is 5.78. The normalized spacial score (nSPS) is 10.7. The summed E-state index contributed by atoms with van der Waals surface area (Å²) in [5.41, 5.74) is 9.99. The van der Waals surface area contributed by atoms with Crippen molar-refractivity contribution in [3.8, 4) is 0 Å². The average molecular weight is 248 g/mol. The van der Waals surface area contributed by atoms with Gasteiger partial charge in [0.2, 0.25) is 0 Å². The lowest BCUT2D eigenvalue weighted by molar-refractivity contribution is 0.923. The zero-order chi connectivity index (χ0) is 13.1. The second kappa shape index (κ2) is 5.11. The zero-order valence-corrected chi connectivity index (χ0v) is 10.7. The Hall–Kier alpha value is -2.35. The van der Waals surface area contributed by atoms with Crippen molar-refractivity contribution in [2.75, 3.05) is 5.73 Å². The van der Waals surface area contributed by atoms with E-state index in [1.807, 2.05) is 24.3 Å². The van der Waals surface area contributed by atoms with Crippen LogP contribution in [0.1, 0.15) is 11.3 Å². The molecule has 0 amide bonds. The number of hydrogen-bond acceptors (Lipinski definition) is 2. The summed E-state index contributed by atoms with van der Waals surface area (Å²) in [6, 6.07) is 20.5. The number of para-hydroxylation sites is 1. The number of fused-ring (bicyclic) bond motifs is 1. The van der Waals surface area contributed by atoms with Crippen molar-refractivity contribution in [2.24, 2.45) is 0 Å². The van der Waals surface area contributed by atoms with Crippen LogP contribution in [0.3, 0.4) is 0 Å². The lowest BCUT2D eigenvalue weighted by Gasteiger charge is -2.04. The molecule has 0 saturated heterocycles. The fourth-order valence-corrected chi connectivity index (χ4v) is 2.20. The van der Waals surface area contributed by atoms with Crippen LogP contribution in [0.5, 0.6) is 0 Å². The van der Waals surface area contributed by atoms with Crippen molar-refractivity contribution in [3.05, 3.63) is 71.9 Å². The fraction of sp³-hybridized carbons (Fsp3) is 0.118. The van der Waals surface area contributed by atoms with Crippen LogP contribution >= 0.6 is 0 Å². The van der Waals surface area contributed by atoms with Crippen molar-refractivity contribution in [1.82, 2.24) is 4.98 Å². The van der Waals surface area contributed by atoms with E-state index in [4.69, 9.17) is 5.73 Å². The summed E-state index contributed by atoms with van der Waals surface area (Å²) in [6.07, 6.45) is 1.94. The number of pyridine rings is 1. The first-order chi connectivity index (χ1) is 9.31. The van der Waals surface area contributed by atoms with Gasteiger partial charge in [0.05, 0.1) is 5.52 Å². The number of aromatic nitrogens is 1. The van der Waals surface area contributed by atoms with Crippen molar-refractivity contribution < 1.29 is 0 Å². The molecular weight excluding hydrogens is 232 g/mol. The lowest BCUT2D eigenvalue weighted by atomic mass is 10.1. The molecule has 3 aromatic rings. The van der Waals surface area contributed by atoms with Gasteiger partial charge in [-0.3, -0.25) is 4.98 Å². The SMILES string of the molecule is Nc1ccc(CCc2ccc3ccccc3n2)cc1. The van der Waals surface area contributed by atoms with Gasteiger partial charge >= 0.3 is 0 Å². The van der Waals surface area contributed by atoms with Crippen LogP contribution in [0.4, 0.5) is 5.69 Å². The van der Waals surface area contributed by atoms with Gasteiger partial charge in [-0.05, 0) is 42.7 Å². The Bertz CT molecular complexity index is 687. The van der Waals surface area contributed by atoms with Gasteiger partial charge in [-0.2, -0.15) is 0 Å². The molecule has 0 bridgehead atoms. The Balaban J connectivity index is 1.76. The molecule has 2 N–H and O–H groups in total. The second-order valence-electron chi connectivity index (χ2n) is 4.74. The van der Waals surface area contributed by atoms with Gasteiger partial charge in [0.15, 0.2) is 0 Å². The van der Waals surface area contributed by atoms with Crippen molar-refractivity contribution in [1.29, 1.82) is 0 Å². The molecule has 0 aliphatic rings. The van der Waals surface area contributed by atoms with Crippen LogP contribution in [0.15, 0.2) is 60.7 Å². The van der Waals surface area contributed by atoms with E-state index < -0.39 is 0 Å². The molecule has 3 rings (SSSR count). The van der Waals surface area contributed by atoms with Crippen LogP contribution in [-0.4, -0.2) is 4.98 Å². The Kier molecular flexibility index (Phi) is 3.15. The summed E-state index contributed by atoms with van der Waals surface area (Å²) < 4.78 is 0. The van der Waals surface area contributed by atoms with Crippen LogP contribution in [0, 0.1) is 0 Å². The molecule has 0 aliphatic carbocycles. The summed E-state index contributed by atoms with van der Waals surface area (Å²) in [6.45, 7) is 0. The molecule has 0 spiro atoms. The van der Waals surface area contributed by atoms with Crippen LogP contribution < -0.4 is 5.73 Å². The summed E-state index contributed by atoms with van der Waals surface area (Å²) in [4.78, 5) is 4.68. The fourth-order valence-electron chi connectivity index (χ4n) is 2.20. The predicted octanol–water partition coefficient (Wildman–Crippen LogP) is 3.60.